The first-order chi connectivity index (χ1) is 8.83. The van der Waals surface area contributed by atoms with Crippen molar-refractivity contribution in [2.45, 2.75) is 45.1 Å². The number of benzene rings is 1. The molecular formula is C15H19BrF2O. The minimum Gasteiger partial charge on any atom is -0.389 e. The van der Waals surface area contributed by atoms with Crippen molar-refractivity contribution in [2.75, 3.05) is 0 Å². The zero-order valence-electron chi connectivity index (χ0n) is 11.2. The van der Waals surface area contributed by atoms with E-state index in [4.69, 9.17) is 0 Å². The third-order valence-electron chi connectivity index (χ3n) is 4.37. The molecule has 3 unspecified atom stereocenters. The Morgan fingerprint density at radius 1 is 1.37 bits per heavy atom. The van der Waals surface area contributed by atoms with E-state index in [1.165, 1.54) is 12.1 Å². The van der Waals surface area contributed by atoms with Gasteiger partial charge in [0.05, 0.1) is 10.1 Å². The first kappa shape index (κ1) is 14.9. The highest BCUT2D eigenvalue weighted by atomic mass is 79.9. The maximum Gasteiger partial charge on any atom is 0.143 e. The Labute approximate surface area is 121 Å². The molecule has 1 fully saturated rings. The van der Waals surface area contributed by atoms with Crippen molar-refractivity contribution in [3.63, 3.8) is 0 Å². The van der Waals surface area contributed by atoms with Gasteiger partial charge in [-0.3, -0.25) is 0 Å². The van der Waals surface area contributed by atoms with E-state index < -0.39 is 17.2 Å². The molecule has 0 saturated heterocycles. The summed E-state index contributed by atoms with van der Waals surface area (Å²) in [5, 5.41) is 10.7. The Kier molecular flexibility index (Phi) is 4.31. The predicted octanol–water partition coefficient (Wildman–Crippen LogP) is 4.46. The summed E-state index contributed by atoms with van der Waals surface area (Å²) in [5.41, 5.74) is -1.02. The fraction of sp³-hybridized carbons (Fsp3) is 0.600. The van der Waals surface area contributed by atoms with E-state index >= 15 is 0 Å². The van der Waals surface area contributed by atoms with E-state index in [2.05, 4.69) is 22.9 Å². The number of halogens is 3. The monoisotopic (exact) mass is 332 g/mol. The van der Waals surface area contributed by atoms with Gasteiger partial charge >= 0.3 is 0 Å². The lowest BCUT2D eigenvalue weighted by atomic mass is 9.70. The molecular weight excluding hydrogens is 314 g/mol. The largest absolute Gasteiger partial charge is 0.389 e. The highest BCUT2D eigenvalue weighted by Gasteiger charge is 2.39. The summed E-state index contributed by atoms with van der Waals surface area (Å²) in [7, 11) is 0. The molecule has 1 N–H and O–H groups in total. The Balaban J connectivity index is 2.28. The van der Waals surface area contributed by atoms with E-state index in [-0.39, 0.29) is 22.4 Å². The lowest BCUT2D eigenvalue weighted by Crippen LogP contribution is -2.43. The SMILES string of the molecule is CC1CCC(O)(Cc2c(F)ccc(Br)c2F)C(C)C1. The van der Waals surface area contributed by atoms with Crippen LogP contribution in [0.3, 0.4) is 0 Å². The minimum atomic E-state index is -1.00. The summed E-state index contributed by atoms with van der Waals surface area (Å²) < 4.78 is 28.0. The van der Waals surface area contributed by atoms with Gasteiger partial charge in [-0.2, -0.15) is 0 Å². The smallest absolute Gasteiger partial charge is 0.143 e. The quantitative estimate of drug-likeness (QED) is 0.793. The summed E-state index contributed by atoms with van der Waals surface area (Å²) in [6.07, 6.45) is 2.44. The summed E-state index contributed by atoms with van der Waals surface area (Å²) >= 11 is 3.06. The second-order valence-electron chi connectivity index (χ2n) is 5.88. The van der Waals surface area contributed by atoms with Crippen LogP contribution in [0.15, 0.2) is 16.6 Å². The van der Waals surface area contributed by atoms with E-state index in [1.807, 2.05) is 6.92 Å². The predicted molar refractivity (Wildman–Crippen MR) is 74.9 cm³/mol. The molecule has 1 aromatic carbocycles. The van der Waals surface area contributed by atoms with Gasteiger partial charge in [-0.25, -0.2) is 8.78 Å². The second-order valence-corrected chi connectivity index (χ2v) is 6.74. The summed E-state index contributed by atoms with van der Waals surface area (Å²) in [6, 6.07) is 2.59. The van der Waals surface area contributed by atoms with Crippen molar-refractivity contribution in [1.82, 2.24) is 0 Å². The molecule has 0 bridgehead atoms. The fourth-order valence-electron chi connectivity index (χ4n) is 2.98. The van der Waals surface area contributed by atoms with Crippen LogP contribution in [-0.2, 0) is 6.42 Å². The van der Waals surface area contributed by atoms with Crippen LogP contribution in [-0.4, -0.2) is 10.7 Å². The Morgan fingerprint density at radius 2 is 2.05 bits per heavy atom. The van der Waals surface area contributed by atoms with Crippen LogP contribution in [0.2, 0.25) is 0 Å². The number of hydrogen-bond donors (Lipinski definition) is 1. The van der Waals surface area contributed by atoms with Gasteiger partial charge in [0.1, 0.15) is 11.6 Å². The maximum atomic E-state index is 14.0. The van der Waals surface area contributed by atoms with Crippen LogP contribution >= 0.6 is 15.9 Å². The number of hydrogen-bond acceptors (Lipinski definition) is 1. The minimum absolute atomic E-state index is 0.0155. The first-order valence-electron chi connectivity index (χ1n) is 6.68. The molecule has 1 aromatic rings. The lowest BCUT2D eigenvalue weighted by molar-refractivity contribution is -0.0533. The molecule has 0 aromatic heterocycles. The molecule has 0 aliphatic heterocycles. The molecule has 1 aliphatic rings. The normalized spacial score (nSPS) is 31.5. The van der Waals surface area contributed by atoms with Crippen molar-refractivity contribution >= 4 is 15.9 Å². The van der Waals surface area contributed by atoms with Crippen molar-refractivity contribution < 1.29 is 13.9 Å². The van der Waals surface area contributed by atoms with Crippen molar-refractivity contribution in [3.05, 3.63) is 33.8 Å². The van der Waals surface area contributed by atoms with Gasteiger partial charge in [0.15, 0.2) is 0 Å². The zero-order valence-corrected chi connectivity index (χ0v) is 12.8. The highest BCUT2D eigenvalue weighted by Crippen LogP contribution is 2.40. The fourth-order valence-corrected chi connectivity index (χ4v) is 3.35. The van der Waals surface area contributed by atoms with Crippen LogP contribution in [0, 0.1) is 23.5 Å². The van der Waals surface area contributed by atoms with E-state index in [9.17, 15) is 13.9 Å². The van der Waals surface area contributed by atoms with Gasteiger partial charge < -0.3 is 5.11 Å². The molecule has 106 valence electrons. The molecule has 0 spiro atoms. The molecule has 1 aliphatic carbocycles. The summed E-state index contributed by atoms with van der Waals surface area (Å²) in [4.78, 5) is 0. The third-order valence-corrected chi connectivity index (χ3v) is 4.98. The van der Waals surface area contributed by atoms with Crippen molar-refractivity contribution in [3.8, 4) is 0 Å². The van der Waals surface area contributed by atoms with Crippen LogP contribution < -0.4 is 0 Å². The Bertz CT molecular complexity index is 477. The van der Waals surface area contributed by atoms with E-state index in [1.54, 1.807) is 0 Å². The summed E-state index contributed by atoms with van der Waals surface area (Å²) in [5.74, 6) is -0.569. The molecule has 4 heteroatoms. The standard InChI is InChI=1S/C15H19BrF2O/c1-9-5-6-15(19,10(2)7-9)8-11-13(17)4-3-12(16)14(11)18/h3-4,9-10,19H,5-8H2,1-2H3. The molecule has 1 saturated carbocycles. The number of rotatable bonds is 2. The van der Waals surface area contributed by atoms with Crippen LogP contribution in [0.25, 0.3) is 0 Å². The highest BCUT2D eigenvalue weighted by molar-refractivity contribution is 9.10. The van der Waals surface area contributed by atoms with Crippen LogP contribution in [0.1, 0.15) is 38.7 Å². The van der Waals surface area contributed by atoms with Gasteiger partial charge in [0.25, 0.3) is 0 Å². The molecule has 0 amide bonds. The van der Waals surface area contributed by atoms with Crippen molar-refractivity contribution in [2.24, 2.45) is 11.8 Å². The molecule has 1 nitrogen and oxygen atoms in total. The zero-order chi connectivity index (χ0) is 14.2. The lowest BCUT2D eigenvalue weighted by Gasteiger charge is -2.41. The maximum absolute atomic E-state index is 14.0. The van der Waals surface area contributed by atoms with Crippen LogP contribution in [0.5, 0.6) is 0 Å². The van der Waals surface area contributed by atoms with Crippen molar-refractivity contribution in [1.29, 1.82) is 0 Å². The average molecular weight is 333 g/mol. The third kappa shape index (κ3) is 3.00. The topological polar surface area (TPSA) is 20.2 Å². The first-order valence-corrected chi connectivity index (χ1v) is 7.47. The van der Waals surface area contributed by atoms with E-state index in [0.29, 0.717) is 12.3 Å². The van der Waals surface area contributed by atoms with Crippen LogP contribution in [0.4, 0.5) is 8.78 Å². The second kappa shape index (κ2) is 5.49. The van der Waals surface area contributed by atoms with Gasteiger partial charge in [-0.15, -0.1) is 0 Å². The average Bonchev–Trinajstić information content (AvgIpc) is 2.35. The Morgan fingerprint density at radius 3 is 2.68 bits per heavy atom. The molecule has 0 heterocycles. The number of aliphatic hydroxyl groups is 1. The van der Waals surface area contributed by atoms with Gasteiger partial charge in [0, 0.05) is 12.0 Å². The Hall–Kier alpha value is -0.480. The van der Waals surface area contributed by atoms with Gasteiger partial charge in [-0.1, -0.05) is 13.8 Å². The molecule has 19 heavy (non-hydrogen) atoms. The van der Waals surface area contributed by atoms with Gasteiger partial charge in [0.2, 0.25) is 0 Å². The molecule has 3 atom stereocenters. The molecule has 0 radical (unpaired) electrons. The van der Waals surface area contributed by atoms with Gasteiger partial charge in [-0.05, 0) is 59.2 Å². The summed E-state index contributed by atoms with van der Waals surface area (Å²) in [6.45, 7) is 4.11. The molecule has 2 rings (SSSR count). The van der Waals surface area contributed by atoms with E-state index in [0.717, 1.165) is 12.8 Å².